The molecule has 1 saturated heterocycles. The molecule has 0 aromatic heterocycles. The molecule has 1 aliphatic heterocycles. The highest BCUT2D eigenvalue weighted by Gasteiger charge is 2.21. The van der Waals surface area contributed by atoms with Crippen LogP contribution in [0, 0.1) is 0 Å². The summed E-state index contributed by atoms with van der Waals surface area (Å²) in [6.45, 7) is 9.41. The third kappa shape index (κ3) is 6.30. The van der Waals surface area contributed by atoms with Gasteiger partial charge in [-0.05, 0) is 38.5 Å². The lowest BCUT2D eigenvalue weighted by Crippen LogP contribution is -2.40. The predicted molar refractivity (Wildman–Crippen MR) is 99.8 cm³/mol. The Morgan fingerprint density at radius 1 is 1.33 bits per heavy atom. The first kappa shape index (κ1) is 20.7. The van der Waals surface area contributed by atoms with Crippen molar-refractivity contribution in [2.24, 2.45) is 0 Å². The second-order valence-corrected chi connectivity index (χ2v) is 5.85. The first-order chi connectivity index (χ1) is 11.2. The third-order valence-corrected chi connectivity index (χ3v) is 4.36. The van der Waals surface area contributed by atoms with Gasteiger partial charge in [0.1, 0.15) is 12.4 Å². The minimum absolute atomic E-state index is 0. The van der Waals surface area contributed by atoms with Crippen LogP contribution >= 0.6 is 12.4 Å². The molecule has 1 heterocycles. The van der Waals surface area contributed by atoms with Crippen molar-refractivity contribution in [1.82, 2.24) is 15.5 Å². The Morgan fingerprint density at radius 2 is 2.08 bits per heavy atom. The van der Waals surface area contributed by atoms with Gasteiger partial charge in [-0.15, -0.1) is 12.4 Å². The van der Waals surface area contributed by atoms with E-state index in [1.807, 2.05) is 24.3 Å². The molecule has 0 radical (unpaired) electrons. The van der Waals surface area contributed by atoms with E-state index in [4.69, 9.17) is 4.74 Å². The van der Waals surface area contributed by atoms with E-state index in [1.165, 1.54) is 0 Å². The maximum atomic E-state index is 12.1. The molecule has 0 spiro atoms. The number of nitrogens with zero attached hydrogens (tertiary/aromatic N) is 1. The van der Waals surface area contributed by atoms with Crippen LogP contribution in [-0.2, 0) is 11.3 Å². The molecule has 1 fully saturated rings. The molecule has 1 amide bonds. The molecule has 0 bridgehead atoms. The number of para-hydroxylation sites is 1. The molecule has 2 rings (SSSR count). The Bertz CT molecular complexity index is 489. The number of likely N-dealkylation sites (N-methyl/N-ethyl adjacent to an activating group) is 1. The van der Waals surface area contributed by atoms with Crippen LogP contribution in [0.3, 0.4) is 0 Å². The molecule has 1 aromatic rings. The molecular formula is C18H30ClN3O2. The number of halogens is 1. The Labute approximate surface area is 151 Å². The van der Waals surface area contributed by atoms with Crippen molar-refractivity contribution in [2.45, 2.75) is 39.3 Å². The van der Waals surface area contributed by atoms with E-state index in [-0.39, 0.29) is 24.4 Å². The monoisotopic (exact) mass is 355 g/mol. The first-order valence-corrected chi connectivity index (χ1v) is 8.68. The van der Waals surface area contributed by atoms with Crippen LogP contribution < -0.4 is 15.4 Å². The summed E-state index contributed by atoms with van der Waals surface area (Å²) >= 11 is 0. The normalized spacial score (nSPS) is 16.7. The van der Waals surface area contributed by atoms with Crippen molar-refractivity contribution >= 4 is 18.3 Å². The predicted octanol–water partition coefficient (Wildman–Crippen LogP) is 2.20. The van der Waals surface area contributed by atoms with Gasteiger partial charge in [-0.1, -0.05) is 32.0 Å². The summed E-state index contributed by atoms with van der Waals surface area (Å²) in [6.07, 6.45) is 2.00. The van der Waals surface area contributed by atoms with E-state index >= 15 is 0 Å². The summed E-state index contributed by atoms with van der Waals surface area (Å²) in [7, 11) is 0. The van der Waals surface area contributed by atoms with E-state index in [0.717, 1.165) is 50.3 Å². The van der Waals surface area contributed by atoms with Crippen LogP contribution in [0.5, 0.6) is 5.75 Å². The zero-order valence-corrected chi connectivity index (χ0v) is 15.5. The molecule has 1 atom stereocenters. The lowest BCUT2D eigenvalue weighted by molar-refractivity contribution is -0.122. The topological polar surface area (TPSA) is 53.6 Å². The number of ether oxygens (including phenoxy) is 1. The summed E-state index contributed by atoms with van der Waals surface area (Å²) in [5.41, 5.74) is 1.03. The molecule has 0 aliphatic carbocycles. The average Bonchev–Trinajstić information content (AvgIpc) is 3.12. The molecule has 1 aromatic carbocycles. The van der Waals surface area contributed by atoms with Crippen molar-refractivity contribution in [3.8, 4) is 5.75 Å². The number of hydrogen-bond donors (Lipinski definition) is 2. The van der Waals surface area contributed by atoms with E-state index in [2.05, 4.69) is 29.4 Å². The number of amides is 1. The Hall–Kier alpha value is -1.30. The summed E-state index contributed by atoms with van der Waals surface area (Å²) in [5.74, 6) is 0.944. The van der Waals surface area contributed by atoms with Gasteiger partial charge >= 0.3 is 0 Å². The molecule has 5 nitrogen and oxygen atoms in total. The quantitative estimate of drug-likeness (QED) is 0.713. The van der Waals surface area contributed by atoms with Crippen LogP contribution in [-0.4, -0.2) is 49.6 Å². The van der Waals surface area contributed by atoms with Gasteiger partial charge in [0.25, 0.3) is 0 Å². The van der Waals surface area contributed by atoms with Gasteiger partial charge in [0.15, 0.2) is 0 Å². The van der Waals surface area contributed by atoms with Crippen LogP contribution in [0.4, 0.5) is 0 Å². The Kier molecular flexibility index (Phi) is 9.76. The van der Waals surface area contributed by atoms with Crippen LogP contribution in [0.25, 0.3) is 0 Å². The highest BCUT2D eigenvalue weighted by Crippen LogP contribution is 2.18. The van der Waals surface area contributed by atoms with Crippen LogP contribution in [0.15, 0.2) is 24.3 Å². The maximum absolute atomic E-state index is 12.1. The van der Waals surface area contributed by atoms with E-state index in [1.54, 1.807) is 0 Å². The molecule has 1 aliphatic rings. The molecule has 2 N–H and O–H groups in total. The minimum atomic E-state index is -0.0363. The van der Waals surface area contributed by atoms with Gasteiger partial charge in [-0.3, -0.25) is 4.79 Å². The van der Waals surface area contributed by atoms with Gasteiger partial charge in [0.2, 0.25) is 5.91 Å². The molecular weight excluding hydrogens is 326 g/mol. The third-order valence-electron chi connectivity index (χ3n) is 4.36. The standard InChI is InChI=1S/C18H29N3O2.ClH/c1-3-21(4-2)12-13-23-17-10-6-5-8-15(17)14-20-18(22)16-9-7-11-19-16;/h5-6,8,10,16,19H,3-4,7,9,11-14H2,1-2H3,(H,20,22);1H. The van der Waals surface area contributed by atoms with Crippen LogP contribution in [0.2, 0.25) is 0 Å². The number of rotatable bonds is 9. The van der Waals surface area contributed by atoms with Crippen molar-refractivity contribution in [3.05, 3.63) is 29.8 Å². The summed E-state index contributed by atoms with van der Waals surface area (Å²) in [5, 5.41) is 6.23. The van der Waals surface area contributed by atoms with Gasteiger partial charge in [-0.2, -0.15) is 0 Å². The van der Waals surface area contributed by atoms with E-state index < -0.39 is 0 Å². The minimum Gasteiger partial charge on any atom is -0.492 e. The van der Waals surface area contributed by atoms with Gasteiger partial charge in [-0.25, -0.2) is 0 Å². The smallest absolute Gasteiger partial charge is 0.237 e. The lowest BCUT2D eigenvalue weighted by atomic mass is 10.2. The first-order valence-electron chi connectivity index (χ1n) is 8.68. The molecule has 1 unspecified atom stereocenters. The van der Waals surface area contributed by atoms with Crippen LogP contribution in [0.1, 0.15) is 32.3 Å². The molecule has 24 heavy (non-hydrogen) atoms. The fourth-order valence-corrected chi connectivity index (χ4v) is 2.83. The SMILES string of the molecule is CCN(CC)CCOc1ccccc1CNC(=O)C1CCCN1.Cl. The molecule has 0 saturated carbocycles. The van der Waals surface area contributed by atoms with Crippen molar-refractivity contribution in [2.75, 3.05) is 32.8 Å². The zero-order chi connectivity index (χ0) is 16.5. The van der Waals surface area contributed by atoms with E-state index in [9.17, 15) is 4.79 Å². The molecule has 6 heteroatoms. The van der Waals surface area contributed by atoms with Crippen molar-refractivity contribution < 1.29 is 9.53 Å². The van der Waals surface area contributed by atoms with Crippen molar-refractivity contribution in [1.29, 1.82) is 0 Å². The summed E-state index contributed by atoms with van der Waals surface area (Å²) < 4.78 is 5.92. The highest BCUT2D eigenvalue weighted by atomic mass is 35.5. The second kappa shape index (κ2) is 11.3. The number of benzene rings is 1. The van der Waals surface area contributed by atoms with Gasteiger partial charge in [0, 0.05) is 18.7 Å². The van der Waals surface area contributed by atoms with Gasteiger partial charge < -0.3 is 20.3 Å². The average molecular weight is 356 g/mol. The fourth-order valence-electron chi connectivity index (χ4n) is 2.83. The highest BCUT2D eigenvalue weighted by molar-refractivity contribution is 5.85. The number of carbonyl (C=O) groups excluding carboxylic acids is 1. The zero-order valence-electron chi connectivity index (χ0n) is 14.7. The van der Waals surface area contributed by atoms with E-state index in [0.29, 0.717) is 13.2 Å². The summed E-state index contributed by atoms with van der Waals surface area (Å²) in [4.78, 5) is 14.4. The number of nitrogens with one attached hydrogen (secondary N) is 2. The lowest BCUT2D eigenvalue weighted by Gasteiger charge is -2.19. The Balaban J connectivity index is 0.00000288. The molecule has 136 valence electrons. The maximum Gasteiger partial charge on any atom is 0.237 e. The van der Waals surface area contributed by atoms with Crippen molar-refractivity contribution in [3.63, 3.8) is 0 Å². The second-order valence-electron chi connectivity index (χ2n) is 5.85. The van der Waals surface area contributed by atoms with Gasteiger partial charge in [0.05, 0.1) is 6.04 Å². The Morgan fingerprint density at radius 3 is 2.75 bits per heavy atom. The fraction of sp³-hybridized carbons (Fsp3) is 0.611. The largest absolute Gasteiger partial charge is 0.492 e. The number of hydrogen-bond acceptors (Lipinski definition) is 4. The summed E-state index contributed by atoms with van der Waals surface area (Å²) in [6, 6.07) is 7.89. The number of carbonyl (C=O) groups is 1.